The number of benzene rings is 2. The summed E-state index contributed by atoms with van der Waals surface area (Å²) in [6.45, 7) is 3.23. The molecule has 2 fully saturated rings. The molecule has 43 heavy (non-hydrogen) atoms. The zero-order valence-corrected chi connectivity index (χ0v) is 27.1. The first-order chi connectivity index (χ1) is 20.4. The average molecular weight is 709 g/mol. The quantitative estimate of drug-likeness (QED) is 0.397. The smallest absolute Gasteiger partial charge is 0.253 e. The second-order valence-electron chi connectivity index (χ2n) is 10.6. The Balaban J connectivity index is 1.61. The fourth-order valence-corrected chi connectivity index (χ4v) is 7.97. The molecule has 3 atom stereocenters. The van der Waals surface area contributed by atoms with Crippen LogP contribution in [0.2, 0.25) is 10.0 Å². The number of fused-ring (bicyclic) bond motifs is 1. The summed E-state index contributed by atoms with van der Waals surface area (Å²) >= 11 is 15.8. The van der Waals surface area contributed by atoms with Gasteiger partial charge in [-0.05, 0) is 61.9 Å². The molecule has 3 amide bonds. The first-order valence-corrected chi connectivity index (χ1v) is 16.4. The van der Waals surface area contributed by atoms with Crippen LogP contribution in [0.5, 0.6) is 0 Å². The molecule has 10 nitrogen and oxygen atoms in total. The van der Waals surface area contributed by atoms with Crippen LogP contribution in [-0.2, 0) is 26.0 Å². The van der Waals surface area contributed by atoms with E-state index in [1.165, 1.54) is 41.6 Å². The minimum atomic E-state index is -4.36. The van der Waals surface area contributed by atoms with Gasteiger partial charge in [-0.25, -0.2) is 8.42 Å². The predicted molar refractivity (Wildman–Crippen MR) is 165 cm³/mol. The van der Waals surface area contributed by atoms with Gasteiger partial charge in [-0.15, -0.1) is 0 Å². The Morgan fingerprint density at radius 2 is 1.79 bits per heavy atom. The van der Waals surface area contributed by atoms with E-state index >= 15 is 0 Å². The van der Waals surface area contributed by atoms with Gasteiger partial charge in [0.15, 0.2) is 0 Å². The number of aromatic nitrogens is 1. The Bertz CT molecular complexity index is 1660. The highest BCUT2D eigenvalue weighted by Crippen LogP contribution is 2.35. The molecule has 1 N–H and O–H groups in total. The van der Waals surface area contributed by atoms with Gasteiger partial charge in [-0.1, -0.05) is 51.3 Å². The van der Waals surface area contributed by atoms with E-state index in [1.54, 1.807) is 11.0 Å². The molecular formula is C29H28BrCl2N5O5S. The van der Waals surface area contributed by atoms with Crippen LogP contribution < -0.4 is 5.32 Å². The molecule has 5 rings (SSSR count). The Labute approximate surface area is 268 Å². The van der Waals surface area contributed by atoms with Crippen molar-refractivity contribution in [1.29, 1.82) is 0 Å². The van der Waals surface area contributed by atoms with E-state index in [1.807, 2.05) is 38.1 Å². The summed E-state index contributed by atoms with van der Waals surface area (Å²) in [5, 5.41) is 2.84. The molecule has 3 unspecified atom stereocenters. The summed E-state index contributed by atoms with van der Waals surface area (Å²) in [4.78, 5) is 47.9. The average Bonchev–Trinajstić information content (AvgIpc) is 2.96. The minimum absolute atomic E-state index is 0.0627. The van der Waals surface area contributed by atoms with Gasteiger partial charge in [0.2, 0.25) is 21.8 Å². The van der Waals surface area contributed by atoms with Gasteiger partial charge >= 0.3 is 0 Å². The number of piperazine rings is 1. The van der Waals surface area contributed by atoms with Crippen molar-refractivity contribution in [2.24, 2.45) is 0 Å². The molecule has 2 aromatic carbocycles. The van der Waals surface area contributed by atoms with E-state index in [-0.39, 0.29) is 52.0 Å². The van der Waals surface area contributed by atoms with Crippen molar-refractivity contribution in [2.45, 2.75) is 49.5 Å². The monoisotopic (exact) mass is 707 g/mol. The van der Waals surface area contributed by atoms with Crippen molar-refractivity contribution in [2.75, 3.05) is 13.1 Å². The minimum Gasteiger partial charge on any atom is -0.339 e. The summed E-state index contributed by atoms with van der Waals surface area (Å²) < 4.78 is 30.5. The summed E-state index contributed by atoms with van der Waals surface area (Å²) in [6, 6.07) is 11.9. The van der Waals surface area contributed by atoms with Crippen molar-refractivity contribution >= 4 is 66.9 Å². The number of hydrogen-bond acceptors (Lipinski definition) is 6. The number of amides is 3. The number of nitrogens with zero attached hydrogens (tertiary/aromatic N) is 4. The normalized spacial score (nSPS) is 21.2. The van der Waals surface area contributed by atoms with Gasteiger partial charge in [0, 0.05) is 40.9 Å². The van der Waals surface area contributed by atoms with Crippen LogP contribution in [0.3, 0.4) is 0 Å². The first-order valence-electron chi connectivity index (χ1n) is 13.4. The van der Waals surface area contributed by atoms with Crippen LogP contribution in [0.1, 0.15) is 29.8 Å². The van der Waals surface area contributed by atoms with Crippen LogP contribution >= 0.6 is 39.1 Å². The standard InChI is InChI=1S/C29H28BrCl2N5O5S/c1-17(2)35-16-26-36(43(41,42)25-10-9-21(31)13-22(25)32)15-23(34-27(38)19-4-3-11-33-14-19)28(39)37(26)24(29(35)40)12-18-5-7-20(30)8-6-18/h3-11,13-14,17,23-24,26H,12,15-16H2,1-2H3,(H,34,38). The van der Waals surface area contributed by atoms with Gasteiger partial charge in [0.05, 0.1) is 17.1 Å². The van der Waals surface area contributed by atoms with Crippen molar-refractivity contribution in [3.8, 4) is 0 Å². The van der Waals surface area contributed by atoms with Crippen LogP contribution in [0.15, 0.2) is 76.4 Å². The summed E-state index contributed by atoms with van der Waals surface area (Å²) in [5.74, 6) is -1.48. The van der Waals surface area contributed by atoms with Crippen LogP contribution in [0.25, 0.3) is 0 Å². The highest BCUT2D eigenvalue weighted by atomic mass is 79.9. The molecular weight excluding hydrogens is 681 g/mol. The lowest BCUT2D eigenvalue weighted by Gasteiger charge is -2.54. The number of rotatable bonds is 7. The maximum atomic E-state index is 14.3. The van der Waals surface area contributed by atoms with Gasteiger partial charge in [0.25, 0.3) is 5.91 Å². The largest absolute Gasteiger partial charge is 0.339 e. The first kappa shape index (κ1) is 31.4. The Morgan fingerprint density at radius 1 is 1.07 bits per heavy atom. The van der Waals surface area contributed by atoms with E-state index in [4.69, 9.17) is 23.2 Å². The third-order valence-corrected chi connectivity index (χ3v) is 10.6. The molecule has 14 heteroatoms. The molecule has 2 aliphatic heterocycles. The van der Waals surface area contributed by atoms with Gasteiger partial charge in [-0.2, -0.15) is 4.31 Å². The predicted octanol–water partition coefficient (Wildman–Crippen LogP) is 3.97. The van der Waals surface area contributed by atoms with E-state index in [2.05, 4.69) is 26.2 Å². The highest BCUT2D eigenvalue weighted by molar-refractivity contribution is 9.10. The van der Waals surface area contributed by atoms with E-state index in [0.717, 1.165) is 14.3 Å². The second-order valence-corrected chi connectivity index (χ2v) is 14.2. The molecule has 0 bridgehead atoms. The number of halogens is 3. The summed E-state index contributed by atoms with van der Waals surface area (Å²) in [7, 11) is -4.36. The van der Waals surface area contributed by atoms with Crippen molar-refractivity contribution in [3.63, 3.8) is 0 Å². The second kappa shape index (κ2) is 12.5. The van der Waals surface area contributed by atoms with Crippen molar-refractivity contribution in [3.05, 3.63) is 92.6 Å². The number of sulfonamides is 1. The molecule has 2 aliphatic rings. The number of carbonyl (C=O) groups excluding carboxylic acids is 3. The molecule has 226 valence electrons. The summed E-state index contributed by atoms with van der Waals surface area (Å²) in [6.07, 6.45) is 1.92. The number of hydrogen-bond donors (Lipinski definition) is 1. The third kappa shape index (κ3) is 6.30. The lowest BCUT2D eigenvalue weighted by Crippen LogP contribution is -2.76. The summed E-state index contributed by atoms with van der Waals surface area (Å²) in [5.41, 5.74) is 0.968. The third-order valence-electron chi connectivity index (χ3n) is 7.51. The fraction of sp³-hybridized carbons (Fsp3) is 0.310. The molecule has 0 saturated carbocycles. The van der Waals surface area contributed by atoms with E-state index in [9.17, 15) is 22.8 Å². The lowest BCUT2D eigenvalue weighted by atomic mass is 9.96. The molecule has 0 spiro atoms. The fourth-order valence-electron chi connectivity index (χ4n) is 5.37. The van der Waals surface area contributed by atoms with Crippen LogP contribution in [0, 0.1) is 0 Å². The Hall–Kier alpha value is -3.03. The molecule has 0 aliphatic carbocycles. The molecule has 3 heterocycles. The number of pyridine rings is 1. The SMILES string of the molecule is CC(C)N1CC2N(C(=O)C(NC(=O)c3cccnc3)CN2S(=O)(=O)c2ccc(Cl)cc2Cl)C(Cc2ccc(Br)cc2)C1=O. The maximum absolute atomic E-state index is 14.3. The topological polar surface area (TPSA) is 120 Å². The molecule has 1 aromatic heterocycles. The molecule has 3 aromatic rings. The highest BCUT2D eigenvalue weighted by Gasteiger charge is 2.54. The van der Waals surface area contributed by atoms with Gasteiger partial charge < -0.3 is 15.1 Å². The molecule has 0 radical (unpaired) electrons. The number of carbonyl (C=O) groups is 3. The van der Waals surface area contributed by atoms with E-state index in [0.29, 0.717) is 0 Å². The lowest BCUT2D eigenvalue weighted by molar-refractivity contribution is -0.168. The van der Waals surface area contributed by atoms with Crippen molar-refractivity contribution in [1.82, 2.24) is 24.4 Å². The molecule has 2 saturated heterocycles. The van der Waals surface area contributed by atoms with E-state index < -0.39 is 40.1 Å². The Kier molecular flexibility index (Phi) is 9.15. The maximum Gasteiger partial charge on any atom is 0.253 e. The number of nitrogens with one attached hydrogen (secondary N) is 1. The van der Waals surface area contributed by atoms with Gasteiger partial charge in [0.1, 0.15) is 23.1 Å². The van der Waals surface area contributed by atoms with Crippen molar-refractivity contribution < 1.29 is 22.8 Å². The van der Waals surface area contributed by atoms with Crippen LogP contribution in [0.4, 0.5) is 0 Å². The zero-order valence-electron chi connectivity index (χ0n) is 23.2. The van der Waals surface area contributed by atoms with Crippen LogP contribution in [-0.4, -0.2) is 82.6 Å². The zero-order chi connectivity index (χ0) is 31.1. The Morgan fingerprint density at radius 3 is 2.42 bits per heavy atom. The van der Waals surface area contributed by atoms with Gasteiger partial charge in [-0.3, -0.25) is 19.4 Å².